The van der Waals surface area contributed by atoms with Crippen molar-refractivity contribution in [2.24, 2.45) is 0 Å². The third kappa shape index (κ3) is 2.95. The first-order chi connectivity index (χ1) is 7.17. The Bertz CT molecular complexity index is 381. The number of carboxylic acids is 1. The molecule has 0 aromatic carbocycles. The Hall–Kier alpha value is -2.09. The van der Waals surface area contributed by atoms with E-state index in [1.54, 1.807) is 0 Å². The summed E-state index contributed by atoms with van der Waals surface area (Å²) in [5, 5.41) is 11.5. The van der Waals surface area contributed by atoms with Crippen LogP contribution in [0, 0.1) is 12.3 Å². The second-order valence-corrected chi connectivity index (χ2v) is 2.87. The van der Waals surface area contributed by atoms with Crippen LogP contribution in [0.3, 0.4) is 0 Å². The van der Waals surface area contributed by atoms with Crippen LogP contribution >= 0.6 is 0 Å². The first kappa shape index (κ1) is 11.0. The van der Waals surface area contributed by atoms with Crippen LogP contribution < -0.4 is 5.32 Å². The van der Waals surface area contributed by atoms with Gasteiger partial charge >= 0.3 is 5.97 Å². The first-order valence-corrected chi connectivity index (χ1v) is 4.45. The zero-order valence-corrected chi connectivity index (χ0v) is 8.27. The summed E-state index contributed by atoms with van der Waals surface area (Å²) in [5.74, 6) is 1.82. The molecule has 2 N–H and O–H groups in total. The molecule has 1 rings (SSSR count). The second kappa shape index (κ2) is 4.96. The van der Waals surface area contributed by atoms with Crippen molar-refractivity contribution < 1.29 is 9.90 Å². The number of nitrogens with one attached hydrogen (secondary N) is 1. The third-order valence-corrected chi connectivity index (χ3v) is 1.81. The van der Waals surface area contributed by atoms with E-state index in [2.05, 4.69) is 21.2 Å². The van der Waals surface area contributed by atoms with E-state index in [-0.39, 0.29) is 11.6 Å². The average molecular weight is 205 g/mol. The lowest BCUT2D eigenvalue weighted by molar-refractivity contribution is 0.0696. The molecular formula is C10H11N3O2. The van der Waals surface area contributed by atoms with Gasteiger partial charge in [0.05, 0.1) is 11.6 Å². The molecule has 0 amide bonds. The van der Waals surface area contributed by atoms with Gasteiger partial charge in [-0.15, -0.1) is 6.42 Å². The van der Waals surface area contributed by atoms with E-state index in [0.29, 0.717) is 5.95 Å². The highest BCUT2D eigenvalue weighted by atomic mass is 16.4. The number of carboxylic acid groups (broad SMARTS) is 1. The maximum atomic E-state index is 10.5. The number of anilines is 1. The van der Waals surface area contributed by atoms with Crippen LogP contribution in [-0.2, 0) is 0 Å². The molecule has 0 radical (unpaired) electrons. The van der Waals surface area contributed by atoms with Crippen LogP contribution in [0.5, 0.6) is 0 Å². The van der Waals surface area contributed by atoms with Gasteiger partial charge in [-0.2, -0.15) is 0 Å². The minimum atomic E-state index is -1.05. The highest BCUT2D eigenvalue weighted by Crippen LogP contribution is 2.03. The smallest absolute Gasteiger partial charge is 0.338 e. The minimum absolute atomic E-state index is 0.0503. The molecular weight excluding hydrogens is 194 g/mol. The summed E-state index contributed by atoms with van der Waals surface area (Å²) in [4.78, 5) is 18.2. The standard InChI is InChI=1S/C10H11N3O2/c1-3-8(4-2)13-10-11-5-7(6-12-10)9(14)15/h1,5-6,8H,4H2,2H3,(H,14,15)(H,11,12,13). The van der Waals surface area contributed by atoms with Crippen molar-refractivity contribution in [2.75, 3.05) is 5.32 Å². The van der Waals surface area contributed by atoms with Gasteiger partial charge in [0, 0.05) is 12.4 Å². The van der Waals surface area contributed by atoms with Crippen LogP contribution in [0.1, 0.15) is 23.7 Å². The molecule has 5 heteroatoms. The van der Waals surface area contributed by atoms with Gasteiger partial charge in [0.1, 0.15) is 0 Å². The van der Waals surface area contributed by atoms with Crippen LogP contribution in [0.4, 0.5) is 5.95 Å². The second-order valence-electron chi connectivity index (χ2n) is 2.87. The molecule has 1 atom stereocenters. The predicted molar refractivity (Wildman–Crippen MR) is 55.5 cm³/mol. The average Bonchev–Trinajstić information content (AvgIpc) is 2.26. The predicted octanol–water partition coefficient (Wildman–Crippen LogP) is 0.998. The number of hydrogen-bond acceptors (Lipinski definition) is 4. The van der Waals surface area contributed by atoms with Gasteiger partial charge in [0.2, 0.25) is 5.95 Å². The number of terminal acetylenes is 1. The van der Waals surface area contributed by atoms with Crippen molar-refractivity contribution in [3.63, 3.8) is 0 Å². The minimum Gasteiger partial charge on any atom is -0.478 e. The highest BCUT2D eigenvalue weighted by molar-refractivity contribution is 5.86. The summed E-state index contributed by atoms with van der Waals surface area (Å²) in [7, 11) is 0. The first-order valence-electron chi connectivity index (χ1n) is 4.45. The quantitative estimate of drug-likeness (QED) is 0.717. The summed E-state index contributed by atoms with van der Waals surface area (Å²) < 4.78 is 0. The van der Waals surface area contributed by atoms with E-state index < -0.39 is 5.97 Å². The SMILES string of the molecule is C#CC(CC)Nc1ncc(C(=O)O)cn1. The van der Waals surface area contributed by atoms with Crippen LogP contribution in [0.15, 0.2) is 12.4 Å². The number of rotatable bonds is 4. The lowest BCUT2D eigenvalue weighted by Gasteiger charge is -2.09. The molecule has 0 saturated carbocycles. The fourth-order valence-corrected chi connectivity index (χ4v) is 0.930. The van der Waals surface area contributed by atoms with E-state index >= 15 is 0 Å². The monoisotopic (exact) mass is 205 g/mol. The lowest BCUT2D eigenvalue weighted by Crippen LogP contribution is -2.17. The Morgan fingerprint density at radius 2 is 2.27 bits per heavy atom. The molecule has 0 spiro atoms. The van der Waals surface area contributed by atoms with Gasteiger partial charge in [-0.1, -0.05) is 12.8 Å². The Morgan fingerprint density at radius 1 is 1.67 bits per heavy atom. The van der Waals surface area contributed by atoms with Gasteiger partial charge in [-0.25, -0.2) is 14.8 Å². The Balaban J connectivity index is 2.73. The van der Waals surface area contributed by atoms with Gasteiger partial charge in [0.25, 0.3) is 0 Å². The van der Waals surface area contributed by atoms with Gasteiger partial charge < -0.3 is 10.4 Å². The maximum absolute atomic E-state index is 10.5. The van der Waals surface area contributed by atoms with Gasteiger partial charge in [-0.05, 0) is 6.42 Å². The molecule has 15 heavy (non-hydrogen) atoms. The maximum Gasteiger partial charge on any atom is 0.338 e. The van der Waals surface area contributed by atoms with Crippen molar-refractivity contribution in [3.05, 3.63) is 18.0 Å². The Labute approximate surface area is 87.6 Å². The zero-order valence-electron chi connectivity index (χ0n) is 8.27. The van der Waals surface area contributed by atoms with Crippen molar-refractivity contribution in [1.82, 2.24) is 9.97 Å². The van der Waals surface area contributed by atoms with E-state index in [4.69, 9.17) is 11.5 Å². The zero-order chi connectivity index (χ0) is 11.3. The van der Waals surface area contributed by atoms with Crippen molar-refractivity contribution in [2.45, 2.75) is 19.4 Å². The number of aromatic nitrogens is 2. The molecule has 0 aliphatic carbocycles. The van der Waals surface area contributed by atoms with Crippen LogP contribution in [0.25, 0.3) is 0 Å². The topological polar surface area (TPSA) is 75.1 Å². The summed E-state index contributed by atoms with van der Waals surface area (Å²) in [6.45, 7) is 1.93. The number of hydrogen-bond donors (Lipinski definition) is 2. The van der Waals surface area contributed by atoms with Crippen LogP contribution in [0.2, 0.25) is 0 Å². The van der Waals surface area contributed by atoms with Crippen molar-refractivity contribution >= 4 is 11.9 Å². The summed E-state index contributed by atoms with van der Waals surface area (Å²) in [6.07, 6.45) is 8.47. The Kier molecular flexibility index (Phi) is 3.63. The fraction of sp³-hybridized carbons (Fsp3) is 0.300. The van der Waals surface area contributed by atoms with E-state index in [1.807, 2.05) is 6.92 Å². The normalized spacial score (nSPS) is 11.5. The third-order valence-electron chi connectivity index (χ3n) is 1.81. The molecule has 78 valence electrons. The van der Waals surface area contributed by atoms with Gasteiger partial charge in [-0.3, -0.25) is 0 Å². The molecule has 1 heterocycles. The fourth-order valence-electron chi connectivity index (χ4n) is 0.930. The molecule has 0 aliphatic heterocycles. The molecule has 1 aromatic rings. The summed E-state index contributed by atoms with van der Waals surface area (Å²) >= 11 is 0. The van der Waals surface area contributed by atoms with E-state index in [9.17, 15) is 4.79 Å². The lowest BCUT2D eigenvalue weighted by atomic mass is 10.2. The highest BCUT2D eigenvalue weighted by Gasteiger charge is 2.06. The molecule has 0 saturated heterocycles. The molecule has 0 aliphatic rings. The number of aromatic carboxylic acids is 1. The van der Waals surface area contributed by atoms with E-state index in [0.717, 1.165) is 6.42 Å². The van der Waals surface area contributed by atoms with Crippen molar-refractivity contribution in [1.29, 1.82) is 0 Å². The van der Waals surface area contributed by atoms with Crippen LogP contribution in [-0.4, -0.2) is 27.1 Å². The largest absolute Gasteiger partial charge is 0.478 e. The van der Waals surface area contributed by atoms with E-state index in [1.165, 1.54) is 12.4 Å². The molecule has 0 bridgehead atoms. The summed E-state index contributed by atoms with van der Waals surface area (Å²) in [6, 6.07) is -0.138. The number of carbonyl (C=O) groups is 1. The molecule has 0 fully saturated rings. The summed E-state index contributed by atoms with van der Waals surface area (Å²) in [5.41, 5.74) is 0.0503. The van der Waals surface area contributed by atoms with Gasteiger partial charge in [0.15, 0.2) is 0 Å². The molecule has 5 nitrogen and oxygen atoms in total. The Morgan fingerprint density at radius 3 is 2.67 bits per heavy atom. The number of nitrogens with zero attached hydrogens (tertiary/aromatic N) is 2. The molecule has 1 unspecified atom stereocenters. The van der Waals surface area contributed by atoms with Crippen molar-refractivity contribution in [3.8, 4) is 12.3 Å². The molecule has 1 aromatic heterocycles.